The monoisotopic (exact) mass is 556 g/mol. The molecule has 1 unspecified atom stereocenters. The van der Waals surface area contributed by atoms with Gasteiger partial charge in [0, 0.05) is 25.3 Å². The lowest BCUT2D eigenvalue weighted by molar-refractivity contribution is -0.145. The highest BCUT2D eigenvalue weighted by molar-refractivity contribution is 8.12. The van der Waals surface area contributed by atoms with Crippen LogP contribution in [0.3, 0.4) is 0 Å². The molecule has 5 atom stereocenters. The molecular weight excluding hydrogens is 515 g/mol. The fraction of sp³-hybridized carbons (Fsp3) is 0.800. The Morgan fingerprint density at radius 3 is 2.61 bits per heavy atom. The summed E-state index contributed by atoms with van der Waals surface area (Å²) < 4.78 is 14.4. The summed E-state index contributed by atoms with van der Waals surface area (Å²) >= 11 is 1.41. The van der Waals surface area contributed by atoms with Gasteiger partial charge < -0.3 is 31.7 Å². The minimum atomic E-state index is -1.95. The molecule has 0 aromatic rings. The molecule has 0 bridgehead atoms. The van der Waals surface area contributed by atoms with Crippen LogP contribution in [-0.2, 0) is 19.2 Å². The number of aliphatic imine (C=N–C) groups is 1. The van der Waals surface area contributed by atoms with Crippen molar-refractivity contribution >= 4 is 40.9 Å². The molecule has 1 saturated carbocycles. The van der Waals surface area contributed by atoms with E-state index in [9.17, 15) is 28.7 Å². The maximum absolute atomic E-state index is 14.4. The number of unbranched alkanes of at least 4 members (excludes halogenated alkanes) is 1. The van der Waals surface area contributed by atoms with Crippen LogP contribution in [0.1, 0.15) is 59.3 Å². The van der Waals surface area contributed by atoms with Gasteiger partial charge in [-0.05, 0) is 37.6 Å². The molecule has 0 aromatic heterocycles. The molecule has 11 nitrogen and oxygen atoms in total. The molecule has 214 valence electrons. The number of amides is 4. The number of nitrogens with one attached hydrogen (secondary N) is 3. The SMILES string of the molecule is CC(C)(C)[C@H](NC(=O)C1(F)CC1)C(=O)N1C[C@H](O)C[C@H]1C(=O)NC1CSC=N[C@H]1CC(=O)NCCCCN. The maximum atomic E-state index is 14.4. The van der Waals surface area contributed by atoms with Gasteiger partial charge in [-0.3, -0.25) is 24.2 Å². The van der Waals surface area contributed by atoms with Crippen molar-refractivity contribution in [2.75, 3.05) is 25.4 Å². The zero-order valence-corrected chi connectivity index (χ0v) is 23.2. The largest absolute Gasteiger partial charge is 0.391 e. The van der Waals surface area contributed by atoms with Gasteiger partial charge in [-0.15, -0.1) is 11.8 Å². The molecule has 13 heteroatoms. The smallest absolute Gasteiger partial charge is 0.258 e. The van der Waals surface area contributed by atoms with Gasteiger partial charge in [0.2, 0.25) is 17.7 Å². The average Bonchev–Trinajstić information content (AvgIpc) is 3.48. The molecule has 3 rings (SSSR count). The first-order valence-corrected chi connectivity index (χ1v) is 14.3. The van der Waals surface area contributed by atoms with E-state index in [4.69, 9.17) is 5.73 Å². The van der Waals surface area contributed by atoms with Crippen molar-refractivity contribution in [3.05, 3.63) is 0 Å². The van der Waals surface area contributed by atoms with Crippen molar-refractivity contribution in [1.29, 1.82) is 0 Å². The lowest BCUT2D eigenvalue weighted by Gasteiger charge is -2.36. The Bertz CT molecular complexity index is 924. The molecule has 4 amide bonds. The fourth-order valence-corrected chi connectivity index (χ4v) is 5.41. The Labute approximate surface area is 227 Å². The van der Waals surface area contributed by atoms with Crippen LogP contribution in [0.4, 0.5) is 4.39 Å². The summed E-state index contributed by atoms with van der Waals surface area (Å²) in [5.74, 6) is -1.50. The van der Waals surface area contributed by atoms with Gasteiger partial charge in [-0.25, -0.2) is 4.39 Å². The van der Waals surface area contributed by atoms with Gasteiger partial charge in [-0.1, -0.05) is 20.8 Å². The number of carbonyl (C=O) groups excluding carboxylic acids is 4. The highest BCUT2D eigenvalue weighted by Crippen LogP contribution is 2.40. The molecule has 2 heterocycles. The highest BCUT2D eigenvalue weighted by atomic mass is 32.2. The first-order chi connectivity index (χ1) is 17.9. The second kappa shape index (κ2) is 12.7. The predicted molar refractivity (Wildman–Crippen MR) is 143 cm³/mol. The first kappa shape index (κ1) is 30.3. The second-order valence-electron chi connectivity index (χ2n) is 11.5. The van der Waals surface area contributed by atoms with Gasteiger partial charge in [0.1, 0.15) is 12.1 Å². The van der Waals surface area contributed by atoms with E-state index in [0.29, 0.717) is 18.8 Å². The quantitative estimate of drug-likeness (QED) is 0.221. The number of rotatable bonds is 11. The van der Waals surface area contributed by atoms with Crippen molar-refractivity contribution < 1.29 is 28.7 Å². The number of halogens is 1. The number of hydrogen-bond donors (Lipinski definition) is 5. The molecule has 0 aromatic carbocycles. The van der Waals surface area contributed by atoms with Gasteiger partial charge in [0.25, 0.3) is 5.91 Å². The third-order valence-corrected chi connectivity index (χ3v) is 7.91. The zero-order chi connectivity index (χ0) is 28.1. The summed E-state index contributed by atoms with van der Waals surface area (Å²) in [5, 5.41) is 18.7. The average molecular weight is 557 g/mol. The Balaban J connectivity index is 1.66. The molecule has 2 aliphatic heterocycles. The number of thioether (sulfide) groups is 1. The third kappa shape index (κ3) is 7.89. The van der Waals surface area contributed by atoms with Gasteiger partial charge in [-0.2, -0.15) is 0 Å². The van der Waals surface area contributed by atoms with Crippen LogP contribution in [0.15, 0.2) is 4.99 Å². The van der Waals surface area contributed by atoms with Crippen LogP contribution < -0.4 is 21.7 Å². The fourth-order valence-electron chi connectivity index (χ4n) is 4.57. The Morgan fingerprint density at radius 1 is 1.26 bits per heavy atom. The minimum absolute atomic E-state index is 0.0326. The van der Waals surface area contributed by atoms with Crippen molar-refractivity contribution in [3.8, 4) is 0 Å². The van der Waals surface area contributed by atoms with Crippen molar-refractivity contribution in [2.45, 2.75) is 95.2 Å². The standard InChI is InChI=1S/C25H41FN6O5S/c1-24(2,3)20(31-23(37)25(26)6-7-25)22(36)32-12-15(33)10-18(32)21(35)30-17-13-38-14-29-16(17)11-19(34)28-9-5-4-8-27/h14-18,20,33H,4-13,27H2,1-3H3,(H,28,34)(H,30,35)(H,31,37)/t15-,16+,17?,18+,20-/m1/s1. The molecule has 0 radical (unpaired) electrons. The minimum Gasteiger partial charge on any atom is -0.391 e. The lowest BCUT2D eigenvalue weighted by Crippen LogP contribution is -2.60. The molecule has 2 fully saturated rings. The zero-order valence-electron chi connectivity index (χ0n) is 22.4. The second-order valence-corrected chi connectivity index (χ2v) is 12.3. The van der Waals surface area contributed by atoms with E-state index >= 15 is 0 Å². The number of nitrogens with two attached hydrogens (primary N) is 1. The van der Waals surface area contributed by atoms with Crippen LogP contribution in [-0.4, -0.2) is 101 Å². The molecule has 3 aliphatic rings. The van der Waals surface area contributed by atoms with Crippen LogP contribution >= 0.6 is 11.8 Å². The Morgan fingerprint density at radius 2 is 1.97 bits per heavy atom. The van der Waals surface area contributed by atoms with Gasteiger partial charge in [0.15, 0.2) is 5.67 Å². The molecular formula is C25H41FN6O5S. The first-order valence-electron chi connectivity index (χ1n) is 13.2. The third-order valence-electron chi connectivity index (χ3n) is 7.09. The molecule has 6 N–H and O–H groups in total. The van der Waals surface area contributed by atoms with Crippen LogP contribution in [0, 0.1) is 5.41 Å². The Kier molecular flexibility index (Phi) is 10.2. The Hall–Kier alpha value is -2.25. The normalized spacial score (nSPS) is 26.9. The van der Waals surface area contributed by atoms with Gasteiger partial charge in [0.05, 0.1) is 30.2 Å². The number of β-amino-alcohol motifs (C(OH)–C–C–N with tert-alkyl or cyclic N) is 1. The van der Waals surface area contributed by atoms with E-state index in [2.05, 4.69) is 20.9 Å². The number of carbonyl (C=O) groups is 4. The van der Waals surface area contributed by atoms with Crippen molar-refractivity contribution in [3.63, 3.8) is 0 Å². The highest BCUT2D eigenvalue weighted by Gasteiger charge is 2.53. The predicted octanol–water partition coefficient (Wildman–Crippen LogP) is -0.145. The molecule has 38 heavy (non-hydrogen) atoms. The van der Waals surface area contributed by atoms with Crippen molar-refractivity contribution in [1.82, 2.24) is 20.9 Å². The van der Waals surface area contributed by atoms with Crippen molar-refractivity contribution in [2.24, 2.45) is 16.1 Å². The molecule has 1 saturated heterocycles. The number of nitrogens with zero attached hydrogens (tertiary/aromatic N) is 2. The van der Waals surface area contributed by atoms with E-state index in [1.165, 1.54) is 16.7 Å². The lowest BCUT2D eigenvalue weighted by atomic mass is 9.85. The summed E-state index contributed by atoms with van der Waals surface area (Å²) in [6.45, 7) is 6.24. The summed E-state index contributed by atoms with van der Waals surface area (Å²) in [7, 11) is 0. The topological polar surface area (TPSA) is 166 Å². The van der Waals surface area contributed by atoms with E-state index in [0.717, 1.165) is 12.8 Å². The summed E-state index contributed by atoms with van der Waals surface area (Å²) in [6.07, 6.45) is 1.04. The van der Waals surface area contributed by atoms with E-state index in [1.54, 1.807) is 26.3 Å². The number of likely N-dealkylation sites (tertiary alicyclic amines) is 1. The summed E-state index contributed by atoms with van der Waals surface area (Å²) in [4.78, 5) is 57.5. The number of aliphatic hydroxyl groups is 1. The van der Waals surface area contributed by atoms with E-state index < -0.39 is 59.1 Å². The van der Waals surface area contributed by atoms with E-state index in [-0.39, 0.29) is 38.1 Å². The van der Waals surface area contributed by atoms with Crippen LogP contribution in [0.2, 0.25) is 0 Å². The number of aliphatic hydroxyl groups excluding tert-OH is 1. The van der Waals surface area contributed by atoms with E-state index in [1.807, 2.05) is 0 Å². The number of hydrogen-bond acceptors (Lipinski definition) is 8. The van der Waals surface area contributed by atoms with Crippen LogP contribution in [0.5, 0.6) is 0 Å². The van der Waals surface area contributed by atoms with Crippen LogP contribution in [0.25, 0.3) is 0 Å². The maximum Gasteiger partial charge on any atom is 0.258 e. The summed E-state index contributed by atoms with van der Waals surface area (Å²) in [6, 6.07) is -2.96. The summed E-state index contributed by atoms with van der Waals surface area (Å²) in [5.41, 5.74) is 4.43. The molecule has 0 spiro atoms. The van der Waals surface area contributed by atoms with Gasteiger partial charge >= 0.3 is 0 Å². The number of alkyl halides is 1. The molecule has 1 aliphatic carbocycles.